The van der Waals surface area contributed by atoms with Gasteiger partial charge in [-0.1, -0.05) is 19.0 Å². The van der Waals surface area contributed by atoms with Gasteiger partial charge in [0.1, 0.15) is 6.61 Å². The number of hydrogen-bond acceptors (Lipinski definition) is 5. The summed E-state index contributed by atoms with van der Waals surface area (Å²) in [6.07, 6.45) is 1.46. The minimum absolute atomic E-state index is 0.0108. The van der Waals surface area contributed by atoms with Crippen LogP contribution in [0.1, 0.15) is 65.2 Å². The molecule has 32 heavy (non-hydrogen) atoms. The molecule has 0 unspecified atom stereocenters. The molecule has 0 aromatic heterocycles. The summed E-state index contributed by atoms with van der Waals surface area (Å²) in [5, 5.41) is 27.6. The van der Waals surface area contributed by atoms with E-state index in [2.05, 4.69) is 19.0 Å². The Morgan fingerprint density at radius 2 is 1.84 bits per heavy atom. The fraction of sp³-hybridized carbons (Fsp3) is 0.913. The maximum absolute atomic E-state index is 12.2. The number of amides is 1. The molecule has 4 aliphatic rings. The number of halogens is 3. The minimum atomic E-state index is -4.90. The molecule has 6 nitrogen and oxygen atoms in total. The van der Waals surface area contributed by atoms with Crippen molar-refractivity contribution in [1.29, 1.82) is 0 Å². The van der Waals surface area contributed by atoms with Crippen LogP contribution in [0.25, 0.3) is 0 Å². The van der Waals surface area contributed by atoms with Gasteiger partial charge in [0.15, 0.2) is 0 Å². The van der Waals surface area contributed by atoms with E-state index in [-0.39, 0.29) is 36.0 Å². The van der Waals surface area contributed by atoms with Crippen molar-refractivity contribution in [1.82, 2.24) is 5.32 Å². The molecular weight excluding hydrogens is 425 g/mol. The smallest absolute Gasteiger partial charge is 0.394 e. The van der Waals surface area contributed by atoms with E-state index in [9.17, 15) is 28.2 Å². The second-order valence-electron chi connectivity index (χ2n) is 10.9. The summed E-state index contributed by atoms with van der Waals surface area (Å²) in [6, 6.07) is 0. The topological polar surface area (TPSA) is 91.2 Å². The molecular formula is C23H35F3N2O4. The Hall–Kier alpha value is -1.35. The van der Waals surface area contributed by atoms with Crippen LogP contribution in [-0.4, -0.2) is 53.4 Å². The van der Waals surface area contributed by atoms with Crippen molar-refractivity contribution in [2.75, 3.05) is 13.2 Å². The Morgan fingerprint density at radius 1 is 1.12 bits per heavy atom. The molecule has 1 amide bonds. The van der Waals surface area contributed by atoms with Gasteiger partial charge in [0.2, 0.25) is 0 Å². The van der Waals surface area contributed by atoms with Crippen LogP contribution in [-0.2, 0) is 9.63 Å². The Kier molecular flexibility index (Phi) is 6.29. The van der Waals surface area contributed by atoms with Gasteiger partial charge in [0.05, 0.1) is 24.5 Å². The largest absolute Gasteiger partial charge is 0.471 e. The molecule has 8 atom stereocenters. The molecule has 0 spiro atoms. The summed E-state index contributed by atoms with van der Waals surface area (Å²) in [5.41, 5.74) is 0.807. The molecule has 4 aliphatic carbocycles. The third-order valence-corrected chi connectivity index (χ3v) is 9.40. The quantitative estimate of drug-likeness (QED) is 0.443. The van der Waals surface area contributed by atoms with E-state index >= 15 is 0 Å². The van der Waals surface area contributed by atoms with Crippen molar-refractivity contribution in [3.8, 4) is 0 Å². The maximum atomic E-state index is 12.2. The fourth-order valence-electron chi connectivity index (χ4n) is 7.60. The normalized spacial score (nSPS) is 45.0. The second-order valence-corrected chi connectivity index (χ2v) is 10.9. The predicted octanol–water partition coefficient (Wildman–Crippen LogP) is 3.41. The van der Waals surface area contributed by atoms with Crippen LogP contribution in [0.15, 0.2) is 5.16 Å². The van der Waals surface area contributed by atoms with Crippen LogP contribution >= 0.6 is 0 Å². The molecule has 0 aliphatic heterocycles. The summed E-state index contributed by atoms with van der Waals surface area (Å²) >= 11 is 0. The van der Waals surface area contributed by atoms with E-state index in [4.69, 9.17) is 4.84 Å². The monoisotopic (exact) mass is 460 g/mol. The highest BCUT2D eigenvalue weighted by Crippen LogP contribution is 2.66. The number of hydrogen-bond donors (Lipinski definition) is 3. The molecule has 0 radical (unpaired) electrons. The molecule has 182 valence electrons. The number of aliphatic hydroxyl groups is 2. The molecule has 0 bridgehead atoms. The summed E-state index contributed by atoms with van der Waals surface area (Å²) < 4.78 is 36.6. The first kappa shape index (κ1) is 23.8. The number of rotatable bonds is 4. The Bertz CT molecular complexity index is 760. The van der Waals surface area contributed by atoms with E-state index < -0.39 is 18.2 Å². The van der Waals surface area contributed by atoms with Gasteiger partial charge in [-0.3, -0.25) is 4.79 Å². The Labute approximate surface area is 187 Å². The van der Waals surface area contributed by atoms with Gasteiger partial charge in [-0.15, -0.1) is 0 Å². The van der Waals surface area contributed by atoms with Crippen molar-refractivity contribution >= 4 is 11.6 Å². The third-order valence-electron chi connectivity index (χ3n) is 9.40. The zero-order valence-electron chi connectivity index (χ0n) is 18.8. The van der Waals surface area contributed by atoms with Crippen LogP contribution in [0.5, 0.6) is 0 Å². The Morgan fingerprint density at radius 3 is 2.56 bits per heavy atom. The van der Waals surface area contributed by atoms with E-state index in [1.54, 1.807) is 5.32 Å². The SMILES string of the molecule is C[C@]12CC/C(=N/OCCNC(=O)C(F)(F)F)C[C@H]1[C@@H](O)C[C@@H]1[C@@H]2CC[C@]2(C)[C@@H](O)CC[C@@H]12. The average Bonchev–Trinajstić information content (AvgIpc) is 3.02. The number of fused-ring (bicyclic) bond motifs is 5. The standard InChI is InChI=1S/C23H35F3N2O4/c1-21-7-5-13(28-32-10-9-27-20(31)23(24,25)26)11-17(21)18(29)12-14-15-3-4-19(30)22(15,2)8-6-16(14)21/h14-19,29-30H,3-12H2,1-2H3,(H,27,31)/b28-13-/t14-,15-,16-,17-,18-,19-,21+,22-/m0/s1. The number of aliphatic hydroxyl groups excluding tert-OH is 2. The molecule has 4 saturated carbocycles. The highest BCUT2D eigenvalue weighted by Gasteiger charge is 2.61. The van der Waals surface area contributed by atoms with E-state index in [1.165, 1.54) is 0 Å². The van der Waals surface area contributed by atoms with Crippen molar-refractivity contribution in [2.45, 2.75) is 83.6 Å². The van der Waals surface area contributed by atoms with Crippen LogP contribution in [0.2, 0.25) is 0 Å². The predicted molar refractivity (Wildman–Crippen MR) is 112 cm³/mol. The highest BCUT2D eigenvalue weighted by atomic mass is 19.4. The summed E-state index contributed by atoms with van der Waals surface area (Å²) in [5.74, 6) is -0.469. The molecule has 0 saturated heterocycles. The summed E-state index contributed by atoms with van der Waals surface area (Å²) in [7, 11) is 0. The van der Waals surface area contributed by atoms with Crippen LogP contribution < -0.4 is 5.32 Å². The molecule has 0 heterocycles. The first-order valence-electron chi connectivity index (χ1n) is 11.9. The molecule has 9 heteroatoms. The Balaban J connectivity index is 1.36. The lowest BCUT2D eigenvalue weighted by Crippen LogP contribution is -2.58. The van der Waals surface area contributed by atoms with E-state index in [1.807, 2.05) is 0 Å². The van der Waals surface area contributed by atoms with Crippen molar-refractivity contribution in [3.63, 3.8) is 0 Å². The van der Waals surface area contributed by atoms with Gasteiger partial charge in [-0.25, -0.2) is 0 Å². The van der Waals surface area contributed by atoms with Crippen molar-refractivity contribution < 1.29 is 33.0 Å². The molecule has 4 fully saturated rings. The number of alkyl halides is 3. The first-order chi connectivity index (χ1) is 15.0. The van der Waals surface area contributed by atoms with E-state index in [0.29, 0.717) is 24.2 Å². The molecule has 0 aromatic carbocycles. The van der Waals surface area contributed by atoms with Crippen molar-refractivity contribution in [2.24, 2.45) is 39.7 Å². The lowest BCUT2D eigenvalue weighted by molar-refractivity contribution is -0.173. The van der Waals surface area contributed by atoms with Gasteiger partial charge in [-0.2, -0.15) is 13.2 Å². The van der Waals surface area contributed by atoms with Gasteiger partial charge < -0.3 is 20.4 Å². The van der Waals surface area contributed by atoms with Gasteiger partial charge >= 0.3 is 12.1 Å². The van der Waals surface area contributed by atoms with Gasteiger partial charge in [-0.05, 0) is 85.9 Å². The minimum Gasteiger partial charge on any atom is -0.394 e. The third kappa shape index (κ3) is 4.04. The highest BCUT2D eigenvalue weighted by molar-refractivity contribution is 5.85. The number of nitrogens with one attached hydrogen (secondary N) is 1. The fourth-order valence-corrected chi connectivity index (χ4v) is 7.60. The first-order valence-corrected chi connectivity index (χ1v) is 11.9. The number of nitrogens with zero attached hydrogens (tertiary/aromatic N) is 1. The maximum Gasteiger partial charge on any atom is 0.471 e. The molecule has 3 N–H and O–H groups in total. The lowest BCUT2D eigenvalue weighted by Gasteiger charge is -2.61. The zero-order chi connectivity index (χ0) is 23.3. The zero-order valence-corrected chi connectivity index (χ0v) is 18.8. The number of carbonyl (C=O) groups is 1. The molecule has 0 aromatic rings. The van der Waals surface area contributed by atoms with Crippen LogP contribution in [0.4, 0.5) is 13.2 Å². The second kappa shape index (κ2) is 8.46. The lowest BCUT2D eigenvalue weighted by atomic mass is 9.44. The summed E-state index contributed by atoms with van der Waals surface area (Å²) in [6.45, 7) is 4.13. The number of oxime groups is 1. The van der Waals surface area contributed by atoms with E-state index in [0.717, 1.165) is 50.7 Å². The number of carbonyl (C=O) groups excluding carboxylic acids is 1. The van der Waals surface area contributed by atoms with Gasteiger partial charge in [0.25, 0.3) is 0 Å². The summed E-state index contributed by atoms with van der Waals surface area (Å²) in [4.78, 5) is 16.0. The van der Waals surface area contributed by atoms with Gasteiger partial charge in [0, 0.05) is 0 Å². The van der Waals surface area contributed by atoms with Crippen LogP contribution in [0, 0.1) is 34.5 Å². The average molecular weight is 461 g/mol. The molecule has 4 rings (SSSR count). The van der Waals surface area contributed by atoms with Crippen LogP contribution in [0.3, 0.4) is 0 Å². The van der Waals surface area contributed by atoms with Crippen molar-refractivity contribution in [3.05, 3.63) is 0 Å².